The fraction of sp³-hybridized carbons (Fsp3) is 0.278. The van der Waals surface area contributed by atoms with Crippen molar-refractivity contribution in [2.24, 2.45) is 0 Å². The van der Waals surface area contributed by atoms with E-state index < -0.39 is 6.10 Å². The second kappa shape index (κ2) is 5.98. The standard InChI is InChI=1S/C18H18BrN3O/c19-14-8-6-13(7-9-14)17(23)12-22-16-5-2-1-4-15(16)21-11-3-10-20-18(21)22/h1-2,4-9,17,23H,3,10-12H2/p+1/t17-/m0/s1. The summed E-state index contributed by atoms with van der Waals surface area (Å²) in [6.07, 6.45) is 0.591. The van der Waals surface area contributed by atoms with Gasteiger partial charge in [-0.1, -0.05) is 40.2 Å². The number of rotatable bonds is 3. The minimum atomic E-state index is -0.535. The third kappa shape index (κ3) is 2.64. The summed E-state index contributed by atoms with van der Waals surface area (Å²) >= 11 is 3.44. The molecule has 2 heterocycles. The van der Waals surface area contributed by atoms with Crippen molar-refractivity contribution in [1.29, 1.82) is 0 Å². The van der Waals surface area contributed by atoms with Gasteiger partial charge in [-0.2, -0.15) is 0 Å². The van der Waals surface area contributed by atoms with Gasteiger partial charge in [-0.15, -0.1) is 0 Å². The molecule has 1 atom stereocenters. The largest absolute Gasteiger partial charge is 0.385 e. The minimum Gasteiger partial charge on any atom is -0.385 e. The van der Waals surface area contributed by atoms with E-state index in [1.807, 2.05) is 24.3 Å². The molecule has 1 aliphatic rings. The Bertz CT molecular complexity index is 841. The van der Waals surface area contributed by atoms with E-state index in [2.05, 4.69) is 54.6 Å². The molecular formula is C18H19BrN3O+. The molecule has 2 N–H and O–H groups in total. The van der Waals surface area contributed by atoms with E-state index in [0.29, 0.717) is 6.54 Å². The SMILES string of the molecule is O[C@@H](Cn1c2[n+](c3ccccc31)CCCN2)c1ccc(Br)cc1. The predicted molar refractivity (Wildman–Crippen MR) is 94.3 cm³/mol. The van der Waals surface area contributed by atoms with Gasteiger partial charge in [0.15, 0.2) is 0 Å². The number of aromatic nitrogens is 2. The molecule has 0 amide bonds. The maximum atomic E-state index is 10.7. The van der Waals surface area contributed by atoms with E-state index in [1.54, 1.807) is 0 Å². The molecule has 4 rings (SSSR count). The lowest BCUT2D eigenvalue weighted by atomic mass is 10.1. The Hall–Kier alpha value is -1.85. The normalized spacial score (nSPS) is 15.2. The highest BCUT2D eigenvalue weighted by molar-refractivity contribution is 9.10. The van der Waals surface area contributed by atoms with Crippen LogP contribution in [0.1, 0.15) is 18.1 Å². The predicted octanol–water partition coefficient (Wildman–Crippen LogP) is 3.24. The molecule has 2 aromatic carbocycles. The molecule has 0 aliphatic carbocycles. The van der Waals surface area contributed by atoms with Crippen LogP contribution in [0.4, 0.5) is 5.95 Å². The first-order valence-electron chi connectivity index (χ1n) is 7.92. The second-order valence-corrected chi connectivity index (χ2v) is 6.84. The molecule has 0 saturated carbocycles. The number of benzene rings is 2. The van der Waals surface area contributed by atoms with Crippen molar-refractivity contribution in [3.05, 3.63) is 58.6 Å². The van der Waals surface area contributed by atoms with Crippen LogP contribution in [0.25, 0.3) is 11.0 Å². The summed E-state index contributed by atoms with van der Waals surface area (Å²) in [6.45, 7) is 2.53. The molecular weight excluding hydrogens is 354 g/mol. The Labute approximate surface area is 143 Å². The fourth-order valence-electron chi connectivity index (χ4n) is 3.30. The van der Waals surface area contributed by atoms with Crippen molar-refractivity contribution < 1.29 is 9.67 Å². The number of halogens is 1. The number of aliphatic hydroxyl groups excluding tert-OH is 1. The molecule has 4 nitrogen and oxygen atoms in total. The first-order chi connectivity index (χ1) is 11.2. The highest BCUT2D eigenvalue weighted by atomic mass is 79.9. The van der Waals surface area contributed by atoms with Crippen LogP contribution in [0, 0.1) is 0 Å². The summed E-state index contributed by atoms with van der Waals surface area (Å²) in [5.74, 6) is 1.09. The monoisotopic (exact) mass is 372 g/mol. The van der Waals surface area contributed by atoms with Gasteiger partial charge >= 0.3 is 5.95 Å². The van der Waals surface area contributed by atoms with Gasteiger partial charge in [-0.25, -0.2) is 9.13 Å². The molecule has 1 aromatic heterocycles. The summed E-state index contributed by atoms with van der Waals surface area (Å²) in [5.41, 5.74) is 3.31. The van der Waals surface area contributed by atoms with Gasteiger partial charge in [0.1, 0.15) is 23.7 Å². The number of hydrogen-bond acceptors (Lipinski definition) is 2. The van der Waals surface area contributed by atoms with Crippen LogP contribution in [0.15, 0.2) is 53.0 Å². The number of nitrogens with one attached hydrogen (secondary N) is 1. The lowest BCUT2D eigenvalue weighted by molar-refractivity contribution is -0.661. The van der Waals surface area contributed by atoms with E-state index >= 15 is 0 Å². The van der Waals surface area contributed by atoms with Crippen LogP contribution in [0.3, 0.4) is 0 Å². The van der Waals surface area contributed by atoms with Gasteiger partial charge in [0.25, 0.3) is 0 Å². The summed E-state index contributed by atoms with van der Waals surface area (Å²) in [7, 11) is 0. The van der Waals surface area contributed by atoms with Gasteiger partial charge in [-0.05, 0) is 29.8 Å². The third-order valence-electron chi connectivity index (χ3n) is 4.43. The Balaban J connectivity index is 1.75. The number of fused-ring (bicyclic) bond motifs is 3. The van der Waals surface area contributed by atoms with Gasteiger partial charge in [0.2, 0.25) is 0 Å². The maximum absolute atomic E-state index is 10.7. The van der Waals surface area contributed by atoms with Gasteiger partial charge in [0.05, 0.1) is 13.1 Å². The second-order valence-electron chi connectivity index (χ2n) is 5.92. The van der Waals surface area contributed by atoms with Crippen LogP contribution < -0.4 is 9.88 Å². The Morgan fingerprint density at radius 3 is 2.78 bits per heavy atom. The molecule has 0 spiro atoms. The minimum absolute atomic E-state index is 0.535. The summed E-state index contributed by atoms with van der Waals surface area (Å²) in [5, 5.41) is 14.2. The van der Waals surface area contributed by atoms with Crippen LogP contribution in [0.2, 0.25) is 0 Å². The van der Waals surface area contributed by atoms with Crippen molar-refractivity contribution in [1.82, 2.24) is 4.57 Å². The average molecular weight is 373 g/mol. The van der Waals surface area contributed by atoms with E-state index in [0.717, 1.165) is 41.0 Å². The highest BCUT2D eigenvalue weighted by Gasteiger charge is 2.27. The topological polar surface area (TPSA) is 41.1 Å². The fourth-order valence-corrected chi connectivity index (χ4v) is 3.56. The van der Waals surface area contributed by atoms with E-state index in [-0.39, 0.29) is 0 Å². The number of aryl methyl sites for hydroxylation is 1. The molecule has 0 saturated heterocycles. The molecule has 0 fully saturated rings. The molecule has 0 unspecified atom stereocenters. The maximum Gasteiger partial charge on any atom is 0.358 e. The molecule has 5 heteroatoms. The summed E-state index contributed by atoms with van der Waals surface area (Å²) < 4.78 is 5.53. The lowest BCUT2D eigenvalue weighted by Crippen LogP contribution is -2.42. The van der Waals surface area contributed by atoms with Gasteiger partial charge in [-0.3, -0.25) is 5.32 Å². The molecule has 1 aliphatic heterocycles. The average Bonchev–Trinajstić information content (AvgIpc) is 2.90. The van der Waals surface area contributed by atoms with Crippen molar-refractivity contribution in [3.63, 3.8) is 0 Å². The summed E-state index contributed by atoms with van der Waals surface area (Å²) in [4.78, 5) is 0. The van der Waals surface area contributed by atoms with Gasteiger partial charge < -0.3 is 5.11 Å². The lowest BCUT2D eigenvalue weighted by Gasteiger charge is -2.14. The quantitative estimate of drug-likeness (QED) is 0.692. The first-order valence-corrected chi connectivity index (χ1v) is 8.72. The van der Waals surface area contributed by atoms with Crippen molar-refractivity contribution in [2.75, 3.05) is 11.9 Å². The number of hydrogen-bond donors (Lipinski definition) is 2. The van der Waals surface area contributed by atoms with Crippen LogP contribution in [-0.2, 0) is 13.1 Å². The van der Waals surface area contributed by atoms with E-state index in [1.165, 1.54) is 5.52 Å². The van der Waals surface area contributed by atoms with Crippen molar-refractivity contribution in [2.45, 2.75) is 25.6 Å². The first kappa shape index (κ1) is 14.7. The van der Waals surface area contributed by atoms with Crippen LogP contribution >= 0.6 is 15.9 Å². The molecule has 118 valence electrons. The zero-order valence-electron chi connectivity index (χ0n) is 12.7. The Kier molecular flexibility index (Phi) is 3.83. The highest BCUT2D eigenvalue weighted by Crippen LogP contribution is 2.25. The van der Waals surface area contributed by atoms with Crippen molar-refractivity contribution in [3.8, 4) is 0 Å². The molecule has 0 radical (unpaired) electrons. The third-order valence-corrected chi connectivity index (χ3v) is 4.96. The number of aliphatic hydroxyl groups is 1. The Morgan fingerprint density at radius 1 is 1.17 bits per heavy atom. The smallest absolute Gasteiger partial charge is 0.358 e. The van der Waals surface area contributed by atoms with E-state index in [4.69, 9.17) is 0 Å². The summed E-state index contributed by atoms with van der Waals surface area (Å²) in [6, 6.07) is 16.3. The van der Waals surface area contributed by atoms with Crippen LogP contribution in [0.5, 0.6) is 0 Å². The Morgan fingerprint density at radius 2 is 1.96 bits per heavy atom. The number of para-hydroxylation sites is 2. The zero-order chi connectivity index (χ0) is 15.8. The van der Waals surface area contributed by atoms with Gasteiger partial charge in [0, 0.05) is 10.9 Å². The van der Waals surface area contributed by atoms with Crippen LogP contribution in [-0.4, -0.2) is 16.2 Å². The molecule has 0 bridgehead atoms. The molecule has 23 heavy (non-hydrogen) atoms. The van der Waals surface area contributed by atoms with Crippen molar-refractivity contribution >= 4 is 32.9 Å². The zero-order valence-corrected chi connectivity index (χ0v) is 14.3. The molecule has 3 aromatic rings. The number of nitrogens with zero attached hydrogens (tertiary/aromatic N) is 2. The number of imidazole rings is 1. The number of anilines is 1. The van der Waals surface area contributed by atoms with E-state index in [9.17, 15) is 5.11 Å².